The van der Waals surface area contributed by atoms with Gasteiger partial charge in [0.2, 0.25) is 0 Å². The summed E-state index contributed by atoms with van der Waals surface area (Å²) in [5.41, 5.74) is 0. The smallest absolute Gasteiger partial charge is 0.0900 e. The van der Waals surface area contributed by atoms with E-state index in [4.69, 9.17) is 4.74 Å². The molecule has 2 rings (SSSR count). The Morgan fingerprint density at radius 1 is 1.18 bits per heavy atom. The van der Waals surface area contributed by atoms with Crippen LogP contribution in [-0.2, 0) is 4.74 Å². The summed E-state index contributed by atoms with van der Waals surface area (Å²) in [4.78, 5) is 2.41. The molecule has 0 amide bonds. The number of hydrogen-bond acceptors (Lipinski definition) is 3. The van der Waals surface area contributed by atoms with E-state index < -0.39 is 0 Å². The minimum Gasteiger partial charge on any atom is -0.389 e. The number of ether oxygens (including phenoxy) is 1. The third-order valence-corrected chi connectivity index (χ3v) is 4.21. The van der Waals surface area contributed by atoms with Crippen molar-refractivity contribution in [3.63, 3.8) is 0 Å². The Kier molecular flexibility index (Phi) is 5.26. The van der Waals surface area contributed by atoms with Crippen molar-refractivity contribution in [2.45, 2.75) is 70.1 Å². The zero-order valence-electron chi connectivity index (χ0n) is 11.1. The molecule has 2 fully saturated rings. The lowest BCUT2D eigenvalue weighted by Gasteiger charge is -2.34. The molecule has 1 saturated heterocycles. The third-order valence-electron chi connectivity index (χ3n) is 4.21. The second-order valence-electron chi connectivity index (χ2n) is 5.73. The third kappa shape index (κ3) is 4.23. The fourth-order valence-electron chi connectivity index (χ4n) is 3.05. The molecule has 0 bridgehead atoms. The second-order valence-corrected chi connectivity index (χ2v) is 5.73. The molecule has 0 spiro atoms. The maximum Gasteiger partial charge on any atom is 0.0900 e. The molecule has 1 saturated carbocycles. The van der Waals surface area contributed by atoms with Gasteiger partial charge in [-0.2, -0.15) is 0 Å². The second kappa shape index (κ2) is 6.72. The lowest BCUT2D eigenvalue weighted by Crippen LogP contribution is -2.43. The van der Waals surface area contributed by atoms with E-state index in [0.717, 1.165) is 13.1 Å². The van der Waals surface area contributed by atoms with Crippen molar-refractivity contribution in [3.8, 4) is 0 Å². The van der Waals surface area contributed by atoms with Gasteiger partial charge in [0.1, 0.15) is 0 Å². The van der Waals surface area contributed by atoms with E-state index in [1.54, 1.807) is 0 Å². The topological polar surface area (TPSA) is 32.7 Å². The first-order chi connectivity index (χ1) is 8.25. The summed E-state index contributed by atoms with van der Waals surface area (Å²) in [5.74, 6) is 0. The fourth-order valence-corrected chi connectivity index (χ4v) is 3.05. The zero-order valence-corrected chi connectivity index (χ0v) is 11.1. The first kappa shape index (κ1) is 13.3. The Morgan fingerprint density at radius 2 is 1.88 bits per heavy atom. The predicted molar refractivity (Wildman–Crippen MR) is 69.1 cm³/mol. The molecule has 1 aliphatic heterocycles. The first-order valence-electron chi connectivity index (χ1n) is 7.29. The minimum absolute atomic E-state index is 0.309. The molecule has 1 heterocycles. The number of rotatable bonds is 5. The molecule has 0 aromatic rings. The van der Waals surface area contributed by atoms with Crippen LogP contribution in [0.25, 0.3) is 0 Å². The van der Waals surface area contributed by atoms with Gasteiger partial charge in [-0.05, 0) is 39.2 Å². The molecular formula is C14H27NO2. The number of likely N-dealkylation sites (tertiary alicyclic amines) is 1. The quantitative estimate of drug-likeness (QED) is 0.801. The van der Waals surface area contributed by atoms with Crippen LogP contribution < -0.4 is 0 Å². The van der Waals surface area contributed by atoms with Gasteiger partial charge in [0.15, 0.2) is 0 Å². The van der Waals surface area contributed by atoms with Crippen molar-refractivity contribution < 1.29 is 9.84 Å². The van der Waals surface area contributed by atoms with Crippen molar-refractivity contribution in [2.75, 3.05) is 19.7 Å². The van der Waals surface area contributed by atoms with Crippen molar-refractivity contribution >= 4 is 0 Å². The van der Waals surface area contributed by atoms with E-state index in [2.05, 4.69) is 11.8 Å². The molecule has 17 heavy (non-hydrogen) atoms. The Morgan fingerprint density at radius 3 is 2.59 bits per heavy atom. The average molecular weight is 241 g/mol. The average Bonchev–Trinajstić information content (AvgIpc) is 2.82. The number of β-amino-alcohol motifs (C(OH)–C–C–N with tert-alkyl or cyclic N) is 1. The molecule has 0 unspecified atom stereocenters. The van der Waals surface area contributed by atoms with Gasteiger partial charge >= 0.3 is 0 Å². The van der Waals surface area contributed by atoms with Gasteiger partial charge in [0.05, 0.1) is 18.8 Å². The summed E-state index contributed by atoms with van der Waals surface area (Å²) in [6.45, 7) is 4.72. The van der Waals surface area contributed by atoms with Crippen LogP contribution in [0.3, 0.4) is 0 Å². The highest BCUT2D eigenvalue weighted by Crippen LogP contribution is 2.21. The summed E-state index contributed by atoms with van der Waals surface area (Å²) in [7, 11) is 0. The van der Waals surface area contributed by atoms with Crippen molar-refractivity contribution in [1.82, 2.24) is 4.90 Å². The van der Waals surface area contributed by atoms with Gasteiger partial charge in [-0.15, -0.1) is 0 Å². The Labute approximate surface area is 105 Å². The first-order valence-corrected chi connectivity index (χ1v) is 7.29. The molecular weight excluding hydrogens is 214 g/mol. The van der Waals surface area contributed by atoms with E-state index in [1.165, 1.54) is 44.9 Å². The van der Waals surface area contributed by atoms with Crippen molar-refractivity contribution in [2.24, 2.45) is 0 Å². The fraction of sp³-hybridized carbons (Fsp3) is 1.00. The van der Waals surface area contributed by atoms with Crippen LogP contribution in [0, 0.1) is 0 Å². The largest absolute Gasteiger partial charge is 0.389 e. The van der Waals surface area contributed by atoms with Gasteiger partial charge in [0.25, 0.3) is 0 Å². The van der Waals surface area contributed by atoms with Crippen LogP contribution >= 0.6 is 0 Å². The summed E-state index contributed by atoms with van der Waals surface area (Å²) in [6.07, 6.45) is 8.97. The molecule has 0 aromatic carbocycles. The van der Waals surface area contributed by atoms with Gasteiger partial charge < -0.3 is 9.84 Å². The highest BCUT2D eigenvalue weighted by molar-refractivity contribution is 4.76. The molecule has 2 aliphatic rings. The molecule has 0 radical (unpaired) electrons. The molecule has 0 aromatic heterocycles. The van der Waals surface area contributed by atoms with Crippen LogP contribution in [0.5, 0.6) is 0 Å². The maximum absolute atomic E-state index is 10.0. The minimum atomic E-state index is -0.309. The van der Waals surface area contributed by atoms with E-state index in [9.17, 15) is 5.11 Å². The van der Waals surface area contributed by atoms with Crippen LogP contribution in [-0.4, -0.2) is 48.0 Å². The lowest BCUT2D eigenvalue weighted by molar-refractivity contribution is -0.0256. The van der Waals surface area contributed by atoms with Crippen LogP contribution in [0.4, 0.5) is 0 Å². The summed E-state index contributed by atoms with van der Waals surface area (Å²) >= 11 is 0. The van der Waals surface area contributed by atoms with E-state index in [1.807, 2.05) is 0 Å². The van der Waals surface area contributed by atoms with Crippen LogP contribution in [0.1, 0.15) is 51.9 Å². The van der Waals surface area contributed by atoms with E-state index in [-0.39, 0.29) is 6.10 Å². The highest BCUT2D eigenvalue weighted by Gasteiger charge is 2.22. The van der Waals surface area contributed by atoms with Crippen LogP contribution in [0.15, 0.2) is 0 Å². The molecule has 1 aliphatic carbocycles. The van der Waals surface area contributed by atoms with Crippen molar-refractivity contribution in [3.05, 3.63) is 0 Å². The standard InChI is InChI=1S/C14H27NO2/c1-12-6-4-5-9-15(12)10-13(16)11-17-14-7-2-3-8-14/h12-14,16H,2-11H2,1H3/t12-,13+/m1/s1. The number of aliphatic hydroxyl groups is 1. The number of nitrogens with zero attached hydrogens (tertiary/aromatic N) is 1. The van der Waals surface area contributed by atoms with E-state index in [0.29, 0.717) is 18.8 Å². The highest BCUT2D eigenvalue weighted by atomic mass is 16.5. The molecule has 3 nitrogen and oxygen atoms in total. The van der Waals surface area contributed by atoms with Crippen molar-refractivity contribution in [1.29, 1.82) is 0 Å². The monoisotopic (exact) mass is 241 g/mol. The summed E-state index contributed by atoms with van der Waals surface area (Å²) in [5, 5.41) is 10.0. The molecule has 100 valence electrons. The maximum atomic E-state index is 10.0. The Hall–Kier alpha value is -0.120. The lowest BCUT2D eigenvalue weighted by atomic mass is 10.0. The molecule has 2 atom stereocenters. The van der Waals surface area contributed by atoms with Gasteiger partial charge in [-0.1, -0.05) is 19.3 Å². The Bertz CT molecular complexity index is 216. The van der Waals surface area contributed by atoms with E-state index >= 15 is 0 Å². The molecule has 3 heteroatoms. The normalized spacial score (nSPS) is 29.6. The predicted octanol–water partition coefficient (Wildman–Crippen LogP) is 2.18. The van der Waals surface area contributed by atoms with Gasteiger partial charge in [-0.3, -0.25) is 4.90 Å². The summed E-state index contributed by atoms with van der Waals surface area (Å²) in [6, 6.07) is 0.630. The SMILES string of the molecule is C[C@@H]1CCCCN1C[C@H](O)COC1CCCC1. The summed E-state index contributed by atoms with van der Waals surface area (Å²) < 4.78 is 5.76. The number of piperidine rings is 1. The van der Waals surface area contributed by atoms with Gasteiger partial charge in [-0.25, -0.2) is 0 Å². The number of hydrogen-bond donors (Lipinski definition) is 1. The van der Waals surface area contributed by atoms with Gasteiger partial charge in [0, 0.05) is 12.6 Å². The molecule has 1 N–H and O–H groups in total. The zero-order chi connectivity index (χ0) is 12.1. The Balaban J connectivity index is 1.63. The van der Waals surface area contributed by atoms with Crippen LogP contribution in [0.2, 0.25) is 0 Å². The number of aliphatic hydroxyl groups excluding tert-OH is 1.